The quantitative estimate of drug-likeness (QED) is 0.141. The Hall–Kier alpha value is -8.46. The largest absolute Gasteiger partial charge is 0.309 e. The summed E-state index contributed by atoms with van der Waals surface area (Å²) in [7, 11) is 0. The van der Waals surface area contributed by atoms with Crippen LogP contribution in [0.5, 0.6) is 0 Å². The zero-order valence-corrected chi connectivity index (χ0v) is 37.5. The molecule has 0 aliphatic heterocycles. The first-order chi connectivity index (χ1) is 33.0. The Kier molecular flexibility index (Phi) is 8.91. The maximum Gasteiger partial charge on any atom is 0.0541 e. The van der Waals surface area contributed by atoms with E-state index in [1.54, 1.807) is 0 Å². The van der Waals surface area contributed by atoms with Crippen molar-refractivity contribution < 1.29 is 0 Å². The van der Waals surface area contributed by atoms with E-state index < -0.39 is 0 Å². The third kappa shape index (κ3) is 6.40. The highest BCUT2D eigenvalue weighted by Gasteiger charge is 2.36. The second-order valence-corrected chi connectivity index (χ2v) is 18.6. The Morgan fingerprint density at radius 1 is 0.299 bits per heavy atom. The molecule has 0 N–H and O–H groups in total. The van der Waals surface area contributed by atoms with Crippen molar-refractivity contribution in [1.29, 1.82) is 0 Å². The Bertz CT molecular complexity index is 3900. The van der Waals surface area contributed by atoms with Gasteiger partial charge in [0.15, 0.2) is 0 Å². The van der Waals surface area contributed by atoms with Crippen molar-refractivity contribution >= 4 is 55.8 Å². The summed E-state index contributed by atoms with van der Waals surface area (Å²) in [6, 6.07) is 84.6. The molecule has 0 amide bonds. The monoisotopic (exact) mass is 854 g/mol. The van der Waals surface area contributed by atoms with Gasteiger partial charge >= 0.3 is 0 Å². The first-order valence-corrected chi connectivity index (χ1v) is 23.3. The van der Waals surface area contributed by atoms with Crippen LogP contribution in [0.3, 0.4) is 0 Å². The van der Waals surface area contributed by atoms with E-state index in [1.807, 2.05) is 0 Å². The summed E-state index contributed by atoms with van der Waals surface area (Å²) in [5.41, 5.74) is 22.2. The molecule has 0 atom stereocenters. The molecule has 0 radical (unpaired) electrons. The first kappa shape index (κ1) is 39.0. The van der Waals surface area contributed by atoms with Crippen LogP contribution < -0.4 is 0 Å². The first-order valence-electron chi connectivity index (χ1n) is 23.3. The molecule has 2 heterocycles. The van der Waals surface area contributed by atoms with Crippen molar-refractivity contribution in [3.63, 3.8) is 0 Å². The summed E-state index contributed by atoms with van der Waals surface area (Å²) >= 11 is 0. The van der Waals surface area contributed by atoms with Gasteiger partial charge in [0.25, 0.3) is 0 Å². The second kappa shape index (κ2) is 15.3. The van der Waals surface area contributed by atoms with Gasteiger partial charge in [-0.2, -0.15) is 0 Å². The molecule has 12 aromatic rings. The Morgan fingerprint density at radius 3 is 1.34 bits per heavy atom. The minimum absolute atomic E-state index is 0.153. The minimum Gasteiger partial charge on any atom is -0.309 e. The molecule has 316 valence electrons. The molecule has 10 aromatic carbocycles. The van der Waals surface area contributed by atoms with Gasteiger partial charge in [-0.15, -0.1) is 0 Å². The summed E-state index contributed by atoms with van der Waals surface area (Å²) in [6.45, 7) is 4.77. The topological polar surface area (TPSA) is 9.86 Å². The molecule has 0 fully saturated rings. The summed E-state index contributed by atoms with van der Waals surface area (Å²) in [4.78, 5) is 0. The van der Waals surface area contributed by atoms with Crippen molar-refractivity contribution in [2.75, 3.05) is 0 Å². The van der Waals surface area contributed by atoms with Crippen molar-refractivity contribution in [1.82, 2.24) is 9.13 Å². The number of hydrogen-bond donors (Lipinski definition) is 0. The molecule has 67 heavy (non-hydrogen) atoms. The predicted molar refractivity (Wildman–Crippen MR) is 284 cm³/mol. The van der Waals surface area contributed by atoms with Gasteiger partial charge < -0.3 is 9.13 Å². The maximum absolute atomic E-state index is 2.44. The average Bonchev–Trinajstić information content (AvgIpc) is 3.98. The van der Waals surface area contributed by atoms with Crippen molar-refractivity contribution in [3.05, 3.63) is 253 Å². The minimum atomic E-state index is -0.153. The van der Waals surface area contributed by atoms with Gasteiger partial charge in [-0.1, -0.05) is 184 Å². The van der Waals surface area contributed by atoms with Crippen LogP contribution in [0.15, 0.2) is 231 Å². The van der Waals surface area contributed by atoms with Crippen molar-refractivity contribution in [2.24, 2.45) is 0 Å². The zero-order valence-electron chi connectivity index (χ0n) is 37.5. The molecular weight excluding hydrogens is 809 g/mol. The van der Waals surface area contributed by atoms with Crippen molar-refractivity contribution in [3.8, 4) is 55.9 Å². The van der Waals surface area contributed by atoms with Crippen LogP contribution in [0.4, 0.5) is 0 Å². The van der Waals surface area contributed by atoms with Crippen LogP contribution in [0.1, 0.15) is 36.1 Å². The molecule has 1 aliphatic rings. The molecule has 2 heteroatoms. The van der Waals surface area contributed by atoms with E-state index in [-0.39, 0.29) is 5.41 Å². The molecule has 2 nitrogen and oxygen atoms in total. The lowest BCUT2D eigenvalue weighted by molar-refractivity contribution is 0.661. The molecule has 2 aromatic heterocycles. The smallest absolute Gasteiger partial charge is 0.0541 e. The highest BCUT2D eigenvalue weighted by Crippen LogP contribution is 2.51. The van der Waals surface area contributed by atoms with E-state index >= 15 is 0 Å². The average molecular weight is 855 g/mol. The lowest BCUT2D eigenvalue weighted by atomic mass is 9.81. The van der Waals surface area contributed by atoms with Gasteiger partial charge in [0, 0.05) is 38.3 Å². The normalized spacial score (nSPS) is 13.0. The van der Waals surface area contributed by atoms with Crippen LogP contribution in [-0.4, -0.2) is 9.13 Å². The van der Waals surface area contributed by atoms with E-state index in [9.17, 15) is 0 Å². The number of aromatic nitrogens is 2. The fraction of sp³-hybridized carbons (Fsp3) is 0.0462. The Balaban J connectivity index is 0.774. The van der Waals surface area contributed by atoms with Crippen LogP contribution in [0, 0.1) is 0 Å². The van der Waals surface area contributed by atoms with E-state index in [2.05, 4.69) is 266 Å². The highest BCUT2D eigenvalue weighted by molar-refractivity contribution is 6.11. The second-order valence-electron chi connectivity index (χ2n) is 18.6. The summed E-state index contributed by atoms with van der Waals surface area (Å²) in [5.74, 6) is 0. The third-order valence-corrected chi connectivity index (χ3v) is 14.3. The van der Waals surface area contributed by atoms with Gasteiger partial charge in [0.1, 0.15) is 0 Å². The number of fused-ring (bicyclic) bond motifs is 9. The van der Waals surface area contributed by atoms with E-state index in [4.69, 9.17) is 0 Å². The lowest BCUT2D eigenvalue weighted by Crippen LogP contribution is -2.15. The molecule has 0 unspecified atom stereocenters. The molecular formula is C65H46N2. The number of para-hydroxylation sites is 3. The number of benzene rings is 10. The molecule has 0 spiro atoms. The third-order valence-electron chi connectivity index (χ3n) is 14.3. The number of nitrogens with zero attached hydrogens (tertiary/aromatic N) is 2. The molecule has 0 bridgehead atoms. The molecule has 1 aliphatic carbocycles. The van der Waals surface area contributed by atoms with Crippen molar-refractivity contribution in [2.45, 2.75) is 19.3 Å². The van der Waals surface area contributed by atoms with Crippen LogP contribution in [-0.2, 0) is 5.41 Å². The molecule has 13 rings (SSSR count). The van der Waals surface area contributed by atoms with Crippen LogP contribution in [0.25, 0.3) is 112 Å². The standard InChI is InChI=1S/C65H46N2/c1-65(2)59-41-49(47-26-23-43(24-27-47)21-22-44-25-37-63-57(39-44)55-17-9-11-19-61(55)66(63)51-15-7-4-8-16-51)30-35-53(59)54-36-31-50(42-60(54)65)48-32-38-64-58(40-48)56-18-10-12-20-62(56)67(64)52-33-28-46(29-34-52)45-13-5-3-6-14-45/h3-42H,1-2H3/b22-21+. The molecule has 0 saturated carbocycles. The zero-order chi connectivity index (χ0) is 44.6. The summed E-state index contributed by atoms with van der Waals surface area (Å²) < 4.78 is 4.77. The fourth-order valence-electron chi connectivity index (χ4n) is 10.9. The Morgan fingerprint density at radius 2 is 0.701 bits per heavy atom. The summed E-state index contributed by atoms with van der Waals surface area (Å²) in [6.07, 6.45) is 4.46. The SMILES string of the molecule is CC1(C)c2cc(-c3ccc(/C=C/c4ccc5c(c4)c4ccccc4n5-c4ccccc4)cc3)ccc2-c2ccc(-c3ccc4c(c3)c3ccccc3n4-c3ccc(-c4ccccc4)cc3)cc21. The van der Waals surface area contributed by atoms with Gasteiger partial charge in [-0.3, -0.25) is 0 Å². The number of rotatable bonds is 7. The van der Waals surface area contributed by atoms with E-state index in [1.165, 1.54) is 116 Å². The van der Waals surface area contributed by atoms with Gasteiger partial charge in [0.05, 0.1) is 22.1 Å². The fourth-order valence-corrected chi connectivity index (χ4v) is 10.9. The summed E-state index contributed by atoms with van der Waals surface area (Å²) in [5, 5.41) is 5.05. The lowest BCUT2D eigenvalue weighted by Gasteiger charge is -2.22. The van der Waals surface area contributed by atoms with Crippen LogP contribution in [0.2, 0.25) is 0 Å². The van der Waals surface area contributed by atoms with Crippen LogP contribution >= 0.6 is 0 Å². The molecule has 0 saturated heterocycles. The number of hydrogen-bond acceptors (Lipinski definition) is 0. The van der Waals surface area contributed by atoms with Gasteiger partial charge in [0.2, 0.25) is 0 Å². The maximum atomic E-state index is 2.44. The van der Waals surface area contributed by atoms with Gasteiger partial charge in [-0.25, -0.2) is 0 Å². The van der Waals surface area contributed by atoms with E-state index in [0.29, 0.717) is 0 Å². The van der Waals surface area contributed by atoms with Gasteiger partial charge in [-0.05, 0) is 140 Å². The van der Waals surface area contributed by atoms with E-state index in [0.717, 1.165) is 5.69 Å². The Labute approximate surface area is 391 Å². The highest BCUT2D eigenvalue weighted by atomic mass is 15.0. The predicted octanol–water partition coefficient (Wildman–Crippen LogP) is 17.4.